The molecule has 27 heavy (non-hydrogen) atoms. The molecule has 0 radical (unpaired) electrons. The van der Waals surface area contributed by atoms with Gasteiger partial charge in [-0.05, 0) is 50.0 Å². The van der Waals surface area contributed by atoms with Crippen LogP contribution in [0.4, 0.5) is 0 Å². The molecule has 2 bridgehead atoms. The van der Waals surface area contributed by atoms with Crippen LogP contribution in [0.1, 0.15) is 53.0 Å². The van der Waals surface area contributed by atoms with E-state index >= 15 is 0 Å². The third-order valence-electron chi connectivity index (χ3n) is 7.96. The number of nitrogens with zero attached hydrogens (tertiary/aromatic N) is 2. The fraction of sp³-hybridized carbons (Fsp3) is 0.682. The van der Waals surface area contributed by atoms with Gasteiger partial charge in [-0.3, -0.25) is 4.57 Å². The fourth-order valence-corrected chi connectivity index (χ4v) is 9.28. The van der Waals surface area contributed by atoms with Gasteiger partial charge in [0.2, 0.25) is 0 Å². The molecule has 1 saturated heterocycles. The average Bonchev–Trinajstić information content (AvgIpc) is 3.12. The number of benzene rings is 1. The molecule has 5 heteroatoms. The lowest BCUT2D eigenvalue weighted by atomic mass is 9.70. The second-order valence-electron chi connectivity index (χ2n) is 9.67. The highest BCUT2D eigenvalue weighted by molar-refractivity contribution is 7.58. The predicted octanol–water partition coefficient (Wildman–Crippen LogP) is 5.25. The zero-order valence-electron chi connectivity index (χ0n) is 17.1. The molecule has 1 aromatic carbocycles. The van der Waals surface area contributed by atoms with Gasteiger partial charge >= 0.3 is 0 Å². The van der Waals surface area contributed by atoms with Crippen molar-refractivity contribution in [1.29, 1.82) is 5.26 Å². The maximum absolute atomic E-state index is 14.3. The lowest BCUT2D eigenvalue weighted by Crippen LogP contribution is -2.44. The molecule has 0 aromatic heterocycles. The van der Waals surface area contributed by atoms with Crippen molar-refractivity contribution in [2.45, 2.75) is 77.7 Å². The van der Waals surface area contributed by atoms with Crippen LogP contribution in [0.3, 0.4) is 0 Å². The van der Waals surface area contributed by atoms with Crippen LogP contribution in [-0.4, -0.2) is 28.5 Å². The molecular formula is C22H31N2O2P. The van der Waals surface area contributed by atoms with Crippen molar-refractivity contribution in [1.82, 2.24) is 4.67 Å². The predicted molar refractivity (Wildman–Crippen MR) is 107 cm³/mol. The first kappa shape index (κ1) is 19.2. The Balaban J connectivity index is 1.73. The summed E-state index contributed by atoms with van der Waals surface area (Å²) in [4.78, 5) is 0. The molecule has 2 aliphatic carbocycles. The molecule has 0 spiro atoms. The van der Waals surface area contributed by atoms with Crippen molar-refractivity contribution >= 4 is 7.52 Å². The molecule has 4 rings (SSSR count). The SMILES string of the molecule is CC(C)N1[C@@H]2[C@H]3CC[C@@](C)([C@@H]2OP1(=O)[C@@H](C#N)Cc1ccccc1)C3(C)C. The van der Waals surface area contributed by atoms with Crippen molar-refractivity contribution in [2.24, 2.45) is 16.7 Å². The first-order valence-corrected chi connectivity index (χ1v) is 11.8. The minimum absolute atomic E-state index is 0.0222. The Morgan fingerprint density at radius 2 is 1.96 bits per heavy atom. The second-order valence-corrected chi connectivity index (χ2v) is 12.1. The van der Waals surface area contributed by atoms with Crippen LogP contribution < -0.4 is 0 Å². The molecule has 6 atom stereocenters. The number of hydrogen-bond acceptors (Lipinski definition) is 3. The molecule has 0 amide bonds. The van der Waals surface area contributed by atoms with Gasteiger partial charge in [0.25, 0.3) is 7.52 Å². The molecule has 146 valence electrons. The Hall–Kier alpha value is -1.14. The molecule has 1 aliphatic heterocycles. The molecule has 1 unspecified atom stereocenters. The van der Waals surface area contributed by atoms with Gasteiger partial charge in [-0.2, -0.15) is 5.26 Å². The largest absolute Gasteiger partial charge is 0.311 e. The summed E-state index contributed by atoms with van der Waals surface area (Å²) in [6.45, 7) is 11.2. The van der Waals surface area contributed by atoms with Crippen LogP contribution in [-0.2, 0) is 15.5 Å². The Kier molecular flexibility index (Phi) is 4.39. The van der Waals surface area contributed by atoms with E-state index in [0.717, 1.165) is 18.4 Å². The quantitative estimate of drug-likeness (QED) is 0.663. The van der Waals surface area contributed by atoms with E-state index in [9.17, 15) is 9.83 Å². The van der Waals surface area contributed by atoms with Crippen LogP contribution in [0.15, 0.2) is 30.3 Å². The van der Waals surface area contributed by atoms with Gasteiger partial charge in [0, 0.05) is 17.5 Å². The summed E-state index contributed by atoms with van der Waals surface area (Å²) in [5, 5.41) is 9.96. The minimum Gasteiger partial charge on any atom is -0.311 e. The fourth-order valence-electron chi connectivity index (χ4n) is 6.13. The van der Waals surface area contributed by atoms with E-state index in [1.165, 1.54) is 0 Å². The van der Waals surface area contributed by atoms with Gasteiger partial charge in [0.1, 0.15) is 5.66 Å². The summed E-state index contributed by atoms with van der Waals surface area (Å²) in [6, 6.07) is 12.5. The van der Waals surface area contributed by atoms with Gasteiger partial charge in [-0.15, -0.1) is 0 Å². The van der Waals surface area contributed by atoms with E-state index < -0.39 is 13.2 Å². The normalized spacial score (nSPS) is 40.9. The van der Waals surface area contributed by atoms with E-state index in [1.807, 2.05) is 30.3 Å². The smallest absolute Gasteiger partial charge is 0.290 e. The van der Waals surface area contributed by atoms with Gasteiger partial charge in [-0.1, -0.05) is 51.1 Å². The highest BCUT2D eigenvalue weighted by Crippen LogP contribution is 2.77. The molecular weight excluding hydrogens is 355 g/mol. The first-order chi connectivity index (χ1) is 12.7. The van der Waals surface area contributed by atoms with Gasteiger partial charge in [-0.25, -0.2) is 4.67 Å². The Bertz CT molecular complexity index is 815. The van der Waals surface area contributed by atoms with E-state index in [-0.39, 0.29) is 29.0 Å². The molecule has 0 N–H and O–H groups in total. The Morgan fingerprint density at radius 1 is 1.30 bits per heavy atom. The summed E-state index contributed by atoms with van der Waals surface area (Å²) >= 11 is 0. The average molecular weight is 386 g/mol. The number of hydrogen-bond donors (Lipinski definition) is 0. The topological polar surface area (TPSA) is 53.3 Å². The van der Waals surface area contributed by atoms with Gasteiger partial charge in [0.15, 0.2) is 0 Å². The molecule has 1 aromatic rings. The zero-order valence-corrected chi connectivity index (χ0v) is 17.9. The molecule has 3 fully saturated rings. The van der Waals surface area contributed by atoms with Crippen LogP contribution in [0, 0.1) is 28.1 Å². The van der Waals surface area contributed by atoms with E-state index in [0.29, 0.717) is 12.3 Å². The van der Waals surface area contributed by atoms with Crippen molar-refractivity contribution in [2.75, 3.05) is 0 Å². The standard InChI is InChI=1S/C22H31N2O2P/c1-15(2)24-19-18-11-12-22(5,21(18,3)4)20(19)26-27(24,25)17(14-23)13-16-9-7-6-8-10-16/h6-10,15,17-20H,11-13H2,1-5H3/t17-,18-,19-,20-,22+,27?/m1/s1. The lowest BCUT2D eigenvalue weighted by molar-refractivity contribution is 0.0356. The Labute approximate surface area is 163 Å². The summed E-state index contributed by atoms with van der Waals surface area (Å²) < 4.78 is 22.9. The van der Waals surface area contributed by atoms with Crippen LogP contribution in [0.25, 0.3) is 0 Å². The monoisotopic (exact) mass is 386 g/mol. The third-order valence-corrected chi connectivity index (χ3v) is 10.9. The summed E-state index contributed by atoms with van der Waals surface area (Å²) in [6.07, 6.45) is 2.72. The lowest BCUT2D eigenvalue weighted by Gasteiger charge is -2.39. The zero-order chi connectivity index (χ0) is 19.6. The van der Waals surface area contributed by atoms with Gasteiger partial charge in [0.05, 0.1) is 12.2 Å². The number of nitriles is 1. The number of rotatable bonds is 4. The summed E-state index contributed by atoms with van der Waals surface area (Å²) in [5.41, 5.74) is 0.605. The minimum atomic E-state index is -3.25. The van der Waals surface area contributed by atoms with Crippen LogP contribution in [0.2, 0.25) is 0 Å². The summed E-state index contributed by atoms with van der Waals surface area (Å²) in [7, 11) is -3.25. The first-order valence-electron chi connectivity index (χ1n) is 10.2. The van der Waals surface area contributed by atoms with E-state index in [1.54, 1.807) is 0 Å². The van der Waals surface area contributed by atoms with Crippen LogP contribution in [0.5, 0.6) is 0 Å². The van der Waals surface area contributed by atoms with Crippen molar-refractivity contribution in [3.8, 4) is 6.07 Å². The maximum Gasteiger partial charge on any atom is 0.290 e. The second kappa shape index (κ2) is 6.18. The van der Waals surface area contributed by atoms with Crippen molar-refractivity contribution in [3.05, 3.63) is 35.9 Å². The molecule has 3 aliphatic rings. The van der Waals surface area contributed by atoms with Crippen molar-refractivity contribution in [3.63, 3.8) is 0 Å². The molecule has 4 nitrogen and oxygen atoms in total. The Morgan fingerprint density at radius 3 is 2.56 bits per heavy atom. The third kappa shape index (κ3) is 2.45. The highest BCUT2D eigenvalue weighted by atomic mass is 31.2. The van der Waals surface area contributed by atoms with Gasteiger partial charge < -0.3 is 4.52 Å². The molecule has 2 saturated carbocycles. The van der Waals surface area contributed by atoms with Crippen LogP contribution >= 0.6 is 7.52 Å². The number of fused-ring (bicyclic) bond motifs is 5. The maximum atomic E-state index is 14.3. The highest BCUT2D eigenvalue weighted by Gasteiger charge is 2.74. The van der Waals surface area contributed by atoms with Crippen molar-refractivity contribution < 1.29 is 9.09 Å². The molecule has 1 heterocycles. The summed E-state index contributed by atoms with van der Waals surface area (Å²) in [5.74, 6) is 0.474. The van der Waals surface area contributed by atoms with E-state index in [2.05, 4.69) is 45.4 Å². The van der Waals surface area contributed by atoms with E-state index in [4.69, 9.17) is 4.52 Å².